The van der Waals surface area contributed by atoms with E-state index in [1.54, 1.807) is 6.07 Å². The molecular weight excluding hydrogens is 402 g/mol. The van der Waals surface area contributed by atoms with Crippen LogP contribution < -0.4 is 5.32 Å². The molecule has 9 heteroatoms. The van der Waals surface area contributed by atoms with Crippen LogP contribution in [0, 0.1) is 17.6 Å². The number of benzene rings is 2. The second kappa shape index (κ2) is 8.38. The highest BCUT2D eigenvalue weighted by molar-refractivity contribution is 7.89. The van der Waals surface area contributed by atoms with E-state index in [9.17, 15) is 26.8 Å². The first-order chi connectivity index (χ1) is 13.7. The molecule has 0 aliphatic carbocycles. The molecule has 6 nitrogen and oxygen atoms in total. The number of halogens is 2. The minimum absolute atomic E-state index is 0.0153. The van der Waals surface area contributed by atoms with E-state index in [1.165, 1.54) is 35.5 Å². The summed E-state index contributed by atoms with van der Waals surface area (Å²) in [5.74, 6) is -3.10. The molecule has 0 bridgehead atoms. The molecule has 0 saturated carbocycles. The van der Waals surface area contributed by atoms with Crippen molar-refractivity contribution in [1.82, 2.24) is 4.31 Å². The third-order valence-electron chi connectivity index (χ3n) is 4.91. The van der Waals surface area contributed by atoms with Gasteiger partial charge in [-0.05, 0) is 44.0 Å². The van der Waals surface area contributed by atoms with Crippen molar-refractivity contribution in [2.24, 2.45) is 5.92 Å². The molecule has 29 heavy (non-hydrogen) atoms. The van der Waals surface area contributed by atoms with Crippen LogP contribution in [0.3, 0.4) is 0 Å². The first kappa shape index (κ1) is 21.1. The molecule has 0 aromatic heterocycles. The van der Waals surface area contributed by atoms with Crippen molar-refractivity contribution in [2.45, 2.75) is 24.7 Å². The molecule has 1 fully saturated rings. The van der Waals surface area contributed by atoms with Gasteiger partial charge in [-0.3, -0.25) is 9.59 Å². The first-order valence-corrected chi connectivity index (χ1v) is 10.5. The second-order valence-corrected chi connectivity index (χ2v) is 8.79. The summed E-state index contributed by atoms with van der Waals surface area (Å²) < 4.78 is 54.3. The lowest BCUT2D eigenvalue weighted by molar-refractivity contribution is -0.121. The van der Waals surface area contributed by atoms with Crippen LogP contribution in [0.5, 0.6) is 0 Å². The Hall–Kier alpha value is -2.65. The van der Waals surface area contributed by atoms with Gasteiger partial charge in [0.15, 0.2) is 5.78 Å². The van der Waals surface area contributed by atoms with Crippen LogP contribution in [-0.2, 0) is 14.8 Å². The van der Waals surface area contributed by atoms with Gasteiger partial charge in [-0.1, -0.05) is 18.2 Å². The summed E-state index contributed by atoms with van der Waals surface area (Å²) in [5, 5.41) is 2.26. The van der Waals surface area contributed by atoms with Gasteiger partial charge in [0.25, 0.3) is 0 Å². The molecule has 1 N–H and O–H groups in total. The van der Waals surface area contributed by atoms with Crippen LogP contribution in [0.25, 0.3) is 0 Å². The summed E-state index contributed by atoms with van der Waals surface area (Å²) in [6.45, 7) is 1.53. The van der Waals surface area contributed by atoms with Crippen LogP contribution in [-0.4, -0.2) is 37.5 Å². The number of anilines is 1. The van der Waals surface area contributed by atoms with E-state index < -0.39 is 39.2 Å². The largest absolute Gasteiger partial charge is 0.321 e. The zero-order chi connectivity index (χ0) is 21.2. The molecular formula is C20H20F2N2O4S. The van der Waals surface area contributed by atoms with E-state index >= 15 is 0 Å². The van der Waals surface area contributed by atoms with Crippen molar-refractivity contribution in [2.75, 3.05) is 18.4 Å². The lowest BCUT2D eigenvalue weighted by atomic mass is 9.97. The highest BCUT2D eigenvalue weighted by Gasteiger charge is 2.32. The Labute approximate surface area is 167 Å². The van der Waals surface area contributed by atoms with Crippen molar-refractivity contribution in [3.63, 3.8) is 0 Å². The van der Waals surface area contributed by atoms with Gasteiger partial charge in [-0.25, -0.2) is 17.2 Å². The Morgan fingerprint density at radius 1 is 1.03 bits per heavy atom. The van der Waals surface area contributed by atoms with Gasteiger partial charge in [-0.2, -0.15) is 4.31 Å². The third kappa shape index (κ3) is 4.51. The average molecular weight is 422 g/mol. The number of rotatable bonds is 5. The lowest BCUT2D eigenvalue weighted by Crippen LogP contribution is -2.41. The van der Waals surface area contributed by atoms with E-state index in [4.69, 9.17) is 0 Å². The number of ketones is 1. The van der Waals surface area contributed by atoms with Crippen molar-refractivity contribution < 1.29 is 26.8 Å². The van der Waals surface area contributed by atoms with Gasteiger partial charge < -0.3 is 5.32 Å². The van der Waals surface area contributed by atoms with Crippen LogP contribution in [0.2, 0.25) is 0 Å². The first-order valence-electron chi connectivity index (χ1n) is 9.06. The van der Waals surface area contributed by atoms with Crippen molar-refractivity contribution in [1.29, 1.82) is 0 Å². The van der Waals surface area contributed by atoms with Gasteiger partial charge >= 0.3 is 0 Å². The van der Waals surface area contributed by atoms with E-state index in [1.807, 2.05) is 0 Å². The van der Waals surface area contributed by atoms with Gasteiger partial charge in [-0.15, -0.1) is 0 Å². The number of carbonyl (C=O) groups is 2. The summed E-state index contributed by atoms with van der Waals surface area (Å²) in [4.78, 5) is 23.9. The molecule has 3 rings (SSSR count). The number of piperidine rings is 1. The van der Waals surface area contributed by atoms with Crippen LogP contribution in [0.15, 0.2) is 47.4 Å². The summed E-state index contributed by atoms with van der Waals surface area (Å²) in [6, 6.07) is 9.09. The zero-order valence-electron chi connectivity index (χ0n) is 15.7. The molecule has 0 unspecified atom stereocenters. The number of amides is 1. The van der Waals surface area contributed by atoms with Gasteiger partial charge in [0.05, 0.1) is 4.90 Å². The Balaban J connectivity index is 1.67. The van der Waals surface area contributed by atoms with Crippen LogP contribution >= 0.6 is 0 Å². The number of carbonyl (C=O) groups excluding carboxylic acids is 2. The fraction of sp³-hybridized carbons (Fsp3) is 0.300. The number of nitrogens with one attached hydrogen (secondary N) is 1. The normalized spacial score (nSPS) is 15.8. The van der Waals surface area contributed by atoms with E-state index in [0.717, 1.165) is 12.1 Å². The number of sulfonamides is 1. The average Bonchev–Trinajstić information content (AvgIpc) is 2.71. The maximum absolute atomic E-state index is 13.7. The standard InChI is InChI=1S/C20H20F2N2O4S/c1-13(25)15-4-2-5-16(12-15)29(27,28)24-10-8-14(9-11-24)20(26)23-19-17(21)6-3-7-18(19)22/h2-7,12,14H,8-11H2,1H3,(H,23,26). The number of hydrogen-bond acceptors (Lipinski definition) is 4. The quantitative estimate of drug-likeness (QED) is 0.750. The molecule has 2 aromatic carbocycles. The molecule has 1 heterocycles. The number of hydrogen-bond donors (Lipinski definition) is 1. The van der Waals surface area contributed by atoms with Crippen molar-refractivity contribution in [3.8, 4) is 0 Å². The SMILES string of the molecule is CC(=O)c1cccc(S(=O)(=O)N2CCC(C(=O)Nc3c(F)cccc3F)CC2)c1. The van der Waals surface area contributed by atoms with Gasteiger partial charge in [0, 0.05) is 24.6 Å². The van der Waals surface area contributed by atoms with Gasteiger partial charge in [0.1, 0.15) is 17.3 Å². The summed E-state index contributed by atoms with van der Waals surface area (Å²) in [5.41, 5.74) is -0.208. The highest BCUT2D eigenvalue weighted by Crippen LogP contribution is 2.26. The molecule has 1 saturated heterocycles. The number of Topliss-reactive ketones (excluding diaryl/α,β-unsaturated/α-hetero) is 1. The molecule has 1 aliphatic heterocycles. The molecule has 2 aromatic rings. The Bertz CT molecular complexity index is 1030. The van der Waals surface area contributed by atoms with Crippen molar-refractivity contribution in [3.05, 3.63) is 59.7 Å². The fourth-order valence-corrected chi connectivity index (χ4v) is 4.74. The van der Waals surface area contributed by atoms with E-state index in [-0.39, 0.29) is 36.6 Å². The minimum atomic E-state index is -3.81. The molecule has 0 atom stereocenters. The summed E-state index contributed by atoms with van der Waals surface area (Å²) >= 11 is 0. The molecule has 0 spiro atoms. The monoisotopic (exact) mass is 422 g/mol. The molecule has 1 aliphatic rings. The minimum Gasteiger partial charge on any atom is -0.321 e. The van der Waals surface area contributed by atoms with Crippen LogP contribution in [0.1, 0.15) is 30.1 Å². The van der Waals surface area contributed by atoms with E-state index in [2.05, 4.69) is 5.32 Å². The lowest BCUT2D eigenvalue weighted by Gasteiger charge is -2.30. The molecule has 0 radical (unpaired) electrons. The Kier molecular flexibility index (Phi) is 6.09. The summed E-state index contributed by atoms with van der Waals surface area (Å²) in [6.07, 6.45) is 0.432. The molecule has 1 amide bonds. The number of nitrogens with zero attached hydrogens (tertiary/aromatic N) is 1. The third-order valence-corrected chi connectivity index (χ3v) is 6.81. The highest BCUT2D eigenvalue weighted by atomic mass is 32.2. The molecule has 154 valence electrons. The smallest absolute Gasteiger partial charge is 0.243 e. The predicted molar refractivity (Wildman–Crippen MR) is 103 cm³/mol. The zero-order valence-corrected chi connectivity index (χ0v) is 16.5. The Morgan fingerprint density at radius 3 is 2.21 bits per heavy atom. The fourth-order valence-electron chi connectivity index (χ4n) is 3.23. The maximum Gasteiger partial charge on any atom is 0.243 e. The Morgan fingerprint density at radius 2 is 1.62 bits per heavy atom. The maximum atomic E-state index is 13.7. The van der Waals surface area contributed by atoms with Gasteiger partial charge in [0.2, 0.25) is 15.9 Å². The van der Waals surface area contributed by atoms with Crippen molar-refractivity contribution >= 4 is 27.4 Å². The summed E-state index contributed by atoms with van der Waals surface area (Å²) in [7, 11) is -3.81. The second-order valence-electron chi connectivity index (χ2n) is 6.85. The number of para-hydroxylation sites is 1. The predicted octanol–water partition coefficient (Wildman–Crippen LogP) is 3.21. The van der Waals surface area contributed by atoms with Crippen LogP contribution in [0.4, 0.5) is 14.5 Å². The van der Waals surface area contributed by atoms with E-state index in [0.29, 0.717) is 5.56 Å². The topological polar surface area (TPSA) is 83.6 Å².